The molecular formula is C17H26N6O. The van der Waals surface area contributed by atoms with Crippen LogP contribution in [0.5, 0.6) is 0 Å². The average molecular weight is 330 g/mol. The highest BCUT2D eigenvalue weighted by molar-refractivity contribution is 5.77. The molecule has 0 radical (unpaired) electrons. The first-order valence-electron chi connectivity index (χ1n) is 8.48. The predicted molar refractivity (Wildman–Crippen MR) is 91.8 cm³/mol. The monoisotopic (exact) mass is 330 g/mol. The highest BCUT2D eigenvalue weighted by Gasteiger charge is 2.33. The van der Waals surface area contributed by atoms with Crippen LogP contribution in [0.1, 0.15) is 30.3 Å². The number of carbonyl (C=O) groups excluding carboxylic acids is 1. The third kappa shape index (κ3) is 3.00. The molecule has 0 bridgehead atoms. The number of fused-ring (bicyclic) bond motifs is 1. The van der Waals surface area contributed by atoms with Gasteiger partial charge in [-0.05, 0) is 45.8 Å². The molecule has 0 aromatic carbocycles. The summed E-state index contributed by atoms with van der Waals surface area (Å²) >= 11 is 0. The Labute approximate surface area is 142 Å². The van der Waals surface area contributed by atoms with Crippen LogP contribution in [-0.4, -0.2) is 68.5 Å². The smallest absolute Gasteiger partial charge is 0.252 e. The molecule has 0 N–H and O–H groups in total. The minimum Gasteiger partial charge on any atom is -0.341 e. The van der Waals surface area contributed by atoms with Crippen LogP contribution in [0.3, 0.4) is 0 Å². The van der Waals surface area contributed by atoms with Crippen molar-refractivity contribution >= 4 is 11.7 Å². The van der Waals surface area contributed by atoms with Crippen LogP contribution in [0.4, 0.5) is 0 Å². The maximum Gasteiger partial charge on any atom is 0.252 e. The quantitative estimate of drug-likeness (QED) is 0.839. The zero-order valence-electron chi connectivity index (χ0n) is 15.2. The largest absolute Gasteiger partial charge is 0.341 e. The van der Waals surface area contributed by atoms with Gasteiger partial charge in [0.15, 0.2) is 0 Å². The number of aromatic nitrogens is 4. The molecule has 3 heterocycles. The summed E-state index contributed by atoms with van der Waals surface area (Å²) in [5, 5.41) is 4.21. The molecule has 0 unspecified atom stereocenters. The van der Waals surface area contributed by atoms with Crippen molar-refractivity contribution in [2.45, 2.75) is 39.7 Å². The molecule has 1 saturated heterocycles. The standard InChI is InChI=1S/C17H26N6O/c1-11-8-22(9-15(11)21(4)5)16(24)7-6-14-12(2)20-17-18-10-19-23(17)13(14)3/h10-11,15H,6-9H2,1-5H3/t11-,15-/m0/s1. The van der Waals surface area contributed by atoms with E-state index in [1.165, 1.54) is 6.33 Å². The summed E-state index contributed by atoms with van der Waals surface area (Å²) in [6.45, 7) is 7.87. The maximum atomic E-state index is 12.6. The molecule has 7 heteroatoms. The van der Waals surface area contributed by atoms with Gasteiger partial charge in [0, 0.05) is 36.9 Å². The van der Waals surface area contributed by atoms with Gasteiger partial charge in [0.2, 0.25) is 5.91 Å². The fourth-order valence-corrected chi connectivity index (χ4v) is 3.73. The van der Waals surface area contributed by atoms with Gasteiger partial charge < -0.3 is 9.80 Å². The number of hydrogen-bond acceptors (Lipinski definition) is 5. The van der Waals surface area contributed by atoms with E-state index in [-0.39, 0.29) is 5.91 Å². The molecule has 1 fully saturated rings. The van der Waals surface area contributed by atoms with E-state index in [9.17, 15) is 4.79 Å². The number of aryl methyl sites for hydroxylation is 2. The second-order valence-corrected chi connectivity index (χ2v) is 7.04. The van der Waals surface area contributed by atoms with Crippen molar-refractivity contribution in [1.29, 1.82) is 0 Å². The van der Waals surface area contributed by atoms with Crippen molar-refractivity contribution in [3.63, 3.8) is 0 Å². The maximum absolute atomic E-state index is 12.6. The SMILES string of the molecule is Cc1nc2ncnn2c(C)c1CCC(=O)N1C[C@H](C)[C@@H](N(C)C)C1. The molecule has 7 nitrogen and oxygen atoms in total. The van der Waals surface area contributed by atoms with Crippen molar-refractivity contribution < 1.29 is 4.79 Å². The fourth-order valence-electron chi connectivity index (χ4n) is 3.73. The summed E-state index contributed by atoms with van der Waals surface area (Å²) in [4.78, 5) is 25.5. The third-order valence-corrected chi connectivity index (χ3v) is 5.17. The van der Waals surface area contributed by atoms with Gasteiger partial charge in [-0.2, -0.15) is 10.1 Å². The van der Waals surface area contributed by atoms with Gasteiger partial charge in [-0.15, -0.1) is 0 Å². The summed E-state index contributed by atoms with van der Waals surface area (Å²) in [7, 11) is 4.17. The van der Waals surface area contributed by atoms with E-state index in [1.54, 1.807) is 4.52 Å². The normalized spacial score (nSPS) is 21.2. The van der Waals surface area contributed by atoms with E-state index < -0.39 is 0 Å². The summed E-state index contributed by atoms with van der Waals surface area (Å²) < 4.78 is 1.74. The molecular weight excluding hydrogens is 304 g/mol. The van der Waals surface area contributed by atoms with Gasteiger partial charge in [0.1, 0.15) is 6.33 Å². The third-order valence-electron chi connectivity index (χ3n) is 5.17. The van der Waals surface area contributed by atoms with Crippen molar-refractivity contribution in [2.75, 3.05) is 27.2 Å². The molecule has 1 aliphatic heterocycles. The molecule has 24 heavy (non-hydrogen) atoms. The van der Waals surface area contributed by atoms with Gasteiger partial charge in [0.25, 0.3) is 5.78 Å². The van der Waals surface area contributed by atoms with E-state index in [0.717, 1.165) is 30.0 Å². The summed E-state index contributed by atoms with van der Waals surface area (Å²) in [5.41, 5.74) is 3.04. The Kier molecular flexibility index (Phi) is 4.54. The van der Waals surface area contributed by atoms with Gasteiger partial charge >= 0.3 is 0 Å². The van der Waals surface area contributed by atoms with Crippen LogP contribution in [-0.2, 0) is 11.2 Å². The molecule has 2 atom stereocenters. The van der Waals surface area contributed by atoms with E-state index in [0.29, 0.717) is 30.6 Å². The number of amides is 1. The fraction of sp³-hybridized carbons (Fsp3) is 0.647. The first-order valence-corrected chi connectivity index (χ1v) is 8.48. The number of nitrogens with zero attached hydrogens (tertiary/aromatic N) is 6. The molecule has 2 aromatic heterocycles. The van der Waals surface area contributed by atoms with Crippen LogP contribution in [0.25, 0.3) is 5.78 Å². The van der Waals surface area contributed by atoms with E-state index in [4.69, 9.17) is 0 Å². The topological polar surface area (TPSA) is 66.6 Å². The van der Waals surface area contributed by atoms with Crippen LogP contribution in [0.2, 0.25) is 0 Å². The lowest BCUT2D eigenvalue weighted by atomic mass is 10.1. The van der Waals surface area contributed by atoms with Gasteiger partial charge in [-0.3, -0.25) is 4.79 Å². The minimum atomic E-state index is 0.226. The molecule has 0 saturated carbocycles. The van der Waals surface area contributed by atoms with Crippen molar-refractivity contribution in [1.82, 2.24) is 29.4 Å². The zero-order valence-corrected chi connectivity index (χ0v) is 15.2. The second-order valence-electron chi connectivity index (χ2n) is 7.04. The van der Waals surface area contributed by atoms with Crippen LogP contribution < -0.4 is 0 Å². The highest BCUT2D eigenvalue weighted by Crippen LogP contribution is 2.22. The summed E-state index contributed by atoms with van der Waals surface area (Å²) in [5.74, 6) is 1.35. The van der Waals surface area contributed by atoms with Crippen molar-refractivity contribution in [2.24, 2.45) is 5.92 Å². The lowest BCUT2D eigenvalue weighted by Crippen LogP contribution is -2.35. The minimum absolute atomic E-state index is 0.226. The van der Waals surface area contributed by atoms with Crippen LogP contribution in [0.15, 0.2) is 6.33 Å². The summed E-state index contributed by atoms with van der Waals surface area (Å²) in [6, 6.07) is 0.450. The zero-order chi connectivity index (χ0) is 17.4. The van der Waals surface area contributed by atoms with E-state index in [2.05, 4.69) is 41.0 Å². The van der Waals surface area contributed by atoms with Gasteiger partial charge in [0.05, 0.1) is 0 Å². The van der Waals surface area contributed by atoms with Crippen molar-refractivity contribution in [3.05, 3.63) is 23.3 Å². The number of rotatable bonds is 4. The Bertz CT molecular complexity index is 753. The van der Waals surface area contributed by atoms with Gasteiger partial charge in [-0.1, -0.05) is 6.92 Å². The van der Waals surface area contributed by atoms with Crippen LogP contribution in [0, 0.1) is 19.8 Å². The number of hydrogen-bond donors (Lipinski definition) is 0. The lowest BCUT2D eigenvalue weighted by molar-refractivity contribution is -0.130. The Morgan fingerprint density at radius 3 is 2.75 bits per heavy atom. The predicted octanol–water partition coefficient (Wildman–Crippen LogP) is 1.08. The Morgan fingerprint density at radius 1 is 1.33 bits per heavy atom. The average Bonchev–Trinajstić information content (AvgIpc) is 3.13. The van der Waals surface area contributed by atoms with Gasteiger partial charge in [-0.25, -0.2) is 9.50 Å². The Morgan fingerprint density at radius 2 is 2.08 bits per heavy atom. The highest BCUT2D eigenvalue weighted by atomic mass is 16.2. The lowest BCUT2D eigenvalue weighted by Gasteiger charge is -2.22. The molecule has 0 spiro atoms. The summed E-state index contributed by atoms with van der Waals surface area (Å²) in [6.07, 6.45) is 2.71. The molecule has 0 aliphatic carbocycles. The van der Waals surface area contributed by atoms with E-state index in [1.807, 2.05) is 18.7 Å². The number of carbonyl (C=O) groups is 1. The first-order chi connectivity index (χ1) is 11.4. The number of likely N-dealkylation sites (N-methyl/N-ethyl adjacent to an activating group) is 1. The van der Waals surface area contributed by atoms with Crippen LogP contribution >= 0.6 is 0 Å². The Hall–Kier alpha value is -2.02. The number of likely N-dealkylation sites (tertiary alicyclic amines) is 1. The molecule has 1 aliphatic rings. The molecule has 2 aromatic rings. The first kappa shape index (κ1) is 16.8. The van der Waals surface area contributed by atoms with E-state index >= 15 is 0 Å². The molecule has 130 valence electrons. The second kappa shape index (κ2) is 6.47. The molecule has 3 rings (SSSR count). The molecule has 1 amide bonds. The Balaban J connectivity index is 1.69. The van der Waals surface area contributed by atoms with Crippen molar-refractivity contribution in [3.8, 4) is 0 Å².